The smallest absolute Gasteiger partial charge is 0.321 e. The summed E-state index contributed by atoms with van der Waals surface area (Å²) in [4.78, 5) is 31.1. The molecule has 1 aliphatic rings. The number of nitrogens with one attached hydrogen (secondary N) is 2. The van der Waals surface area contributed by atoms with E-state index in [9.17, 15) is 9.59 Å². The lowest BCUT2D eigenvalue weighted by atomic mass is 10.1. The molecule has 6 nitrogen and oxygen atoms in total. The van der Waals surface area contributed by atoms with E-state index in [1.54, 1.807) is 48.5 Å². The number of likely N-dealkylation sites (tertiary alicyclic amines) is 1. The number of fused-ring (bicyclic) bond motifs is 1. The zero-order valence-electron chi connectivity index (χ0n) is 16.5. The van der Waals surface area contributed by atoms with Crippen LogP contribution in [0.3, 0.4) is 0 Å². The molecule has 154 valence electrons. The fraction of sp³-hybridized carbons (Fsp3) is 0.261. The molecule has 1 saturated heterocycles. The van der Waals surface area contributed by atoms with Crippen LogP contribution in [0.5, 0.6) is 0 Å². The normalized spacial score (nSPS) is 14.2. The van der Waals surface area contributed by atoms with E-state index in [2.05, 4.69) is 15.6 Å². The number of carbonyl (C=O) groups is 2. The molecule has 0 spiro atoms. The third-order valence-corrected chi connectivity index (χ3v) is 5.42. The third-order valence-electron chi connectivity index (χ3n) is 5.20. The molecule has 7 heteroatoms. The fourth-order valence-corrected chi connectivity index (χ4v) is 3.71. The van der Waals surface area contributed by atoms with E-state index in [0.717, 1.165) is 36.8 Å². The highest BCUT2D eigenvalue weighted by Gasteiger charge is 2.15. The number of halogens is 1. The highest BCUT2D eigenvalue weighted by atomic mass is 35.5. The second-order valence-corrected chi connectivity index (χ2v) is 7.79. The van der Waals surface area contributed by atoms with Crippen molar-refractivity contribution in [1.82, 2.24) is 9.88 Å². The van der Waals surface area contributed by atoms with Gasteiger partial charge in [0.15, 0.2) is 0 Å². The number of hydrogen-bond donors (Lipinski definition) is 2. The van der Waals surface area contributed by atoms with Crippen molar-refractivity contribution in [3.05, 3.63) is 65.3 Å². The number of carbonyl (C=O) groups excluding carboxylic acids is 2. The molecular formula is C23H23ClN4O2. The topological polar surface area (TPSA) is 74.3 Å². The van der Waals surface area contributed by atoms with Gasteiger partial charge >= 0.3 is 6.03 Å². The molecule has 3 aromatic rings. The number of rotatable bonds is 3. The maximum atomic E-state index is 12.6. The summed E-state index contributed by atoms with van der Waals surface area (Å²) in [6.45, 7) is 1.60. The Bertz CT molecular complexity index is 1060. The molecule has 0 saturated carbocycles. The molecule has 0 atom stereocenters. The van der Waals surface area contributed by atoms with Crippen molar-refractivity contribution in [3.63, 3.8) is 0 Å². The monoisotopic (exact) mass is 422 g/mol. The minimum absolute atomic E-state index is 0.0708. The molecule has 2 heterocycles. The quantitative estimate of drug-likeness (QED) is 0.543. The molecule has 2 aromatic carbocycles. The molecule has 30 heavy (non-hydrogen) atoms. The highest BCUT2D eigenvalue weighted by Crippen LogP contribution is 2.20. The molecule has 1 aliphatic heterocycles. The summed E-state index contributed by atoms with van der Waals surface area (Å²) in [5, 5.41) is 7.08. The number of benzene rings is 2. The van der Waals surface area contributed by atoms with E-state index in [1.807, 2.05) is 11.0 Å². The number of amides is 3. The Morgan fingerprint density at radius 3 is 2.20 bits per heavy atom. The van der Waals surface area contributed by atoms with Gasteiger partial charge in [-0.3, -0.25) is 4.79 Å². The second-order valence-electron chi connectivity index (χ2n) is 7.40. The van der Waals surface area contributed by atoms with E-state index in [4.69, 9.17) is 11.6 Å². The predicted octanol–water partition coefficient (Wildman–Crippen LogP) is 5.55. The number of hydrogen-bond acceptors (Lipinski definition) is 3. The van der Waals surface area contributed by atoms with E-state index < -0.39 is 0 Å². The zero-order chi connectivity index (χ0) is 20.9. The van der Waals surface area contributed by atoms with Gasteiger partial charge in [0, 0.05) is 35.4 Å². The molecular weight excluding hydrogens is 400 g/mol. The highest BCUT2D eigenvalue weighted by molar-refractivity contribution is 6.29. The molecule has 0 aliphatic carbocycles. The summed E-state index contributed by atoms with van der Waals surface area (Å²) >= 11 is 5.90. The van der Waals surface area contributed by atoms with Crippen LogP contribution in [0.1, 0.15) is 36.0 Å². The van der Waals surface area contributed by atoms with Crippen LogP contribution in [0.2, 0.25) is 5.15 Å². The molecule has 4 rings (SSSR count). The van der Waals surface area contributed by atoms with Gasteiger partial charge in [-0.15, -0.1) is 0 Å². The Morgan fingerprint density at radius 1 is 0.833 bits per heavy atom. The lowest BCUT2D eigenvalue weighted by molar-refractivity contribution is 0.102. The Kier molecular flexibility index (Phi) is 6.14. The van der Waals surface area contributed by atoms with E-state index >= 15 is 0 Å². The van der Waals surface area contributed by atoms with E-state index in [1.165, 1.54) is 12.8 Å². The first-order chi connectivity index (χ1) is 14.6. The number of nitrogens with zero attached hydrogens (tertiary/aromatic N) is 2. The summed E-state index contributed by atoms with van der Waals surface area (Å²) in [6, 6.07) is 15.9. The largest absolute Gasteiger partial charge is 0.325 e. The minimum atomic E-state index is -0.215. The summed E-state index contributed by atoms with van der Waals surface area (Å²) in [5.74, 6) is -0.215. The van der Waals surface area contributed by atoms with Crippen molar-refractivity contribution in [1.29, 1.82) is 0 Å². The summed E-state index contributed by atoms with van der Waals surface area (Å²) < 4.78 is 0. The third kappa shape index (κ3) is 4.89. The van der Waals surface area contributed by atoms with Crippen molar-refractivity contribution in [2.45, 2.75) is 25.7 Å². The van der Waals surface area contributed by atoms with E-state index in [0.29, 0.717) is 22.1 Å². The zero-order valence-corrected chi connectivity index (χ0v) is 17.3. The SMILES string of the molecule is O=C(Nc1ccc(NC(=O)N2CCCCCC2)cc1)c1ccc2nc(Cl)ccc2c1. The van der Waals surface area contributed by atoms with Gasteiger partial charge in [-0.1, -0.05) is 24.4 Å². The van der Waals surface area contributed by atoms with Gasteiger partial charge in [0.25, 0.3) is 5.91 Å². The fourth-order valence-electron chi connectivity index (χ4n) is 3.56. The van der Waals surface area contributed by atoms with Crippen LogP contribution in [0.15, 0.2) is 54.6 Å². The van der Waals surface area contributed by atoms with Crippen LogP contribution in [-0.2, 0) is 0 Å². The number of aromatic nitrogens is 1. The standard InChI is InChI=1S/C23H23ClN4O2/c24-21-12-6-16-15-17(5-11-20(16)27-21)22(29)25-18-7-9-19(10-8-18)26-23(30)28-13-3-1-2-4-14-28/h5-12,15H,1-4,13-14H2,(H,25,29)(H,26,30). The van der Waals surface area contributed by atoms with Gasteiger partial charge in [-0.05, 0) is 67.4 Å². The molecule has 1 fully saturated rings. The first-order valence-corrected chi connectivity index (χ1v) is 10.5. The molecule has 0 radical (unpaired) electrons. The van der Waals surface area contributed by atoms with Gasteiger partial charge in [0.1, 0.15) is 5.15 Å². The van der Waals surface area contributed by atoms with Crippen LogP contribution in [-0.4, -0.2) is 34.9 Å². The Hall–Kier alpha value is -3.12. The maximum Gasteiger partial charge on any atom is 0.321 e. The Balaban J connectivity index is 1.38. The van der Waals surface area contributed by atoms with E-state index in [-0.39, 0.29) is 11.9 Å². The van der Waals surface area contributed by atoms with Gasteiger partial charge in [0.2, 0.25) is 0 Å². The van der Waals surface area contributed by atoms with Gasteiger partial charge < -0.3 is 15.5 Å². The lowest BCUT2D eigenvalue weighted by Crippen LogP contribution is -2.35. The molecule has 1 aromatic heterocycles. The Labute approximate surface area is 180 Å². The van der Waals surface area contributed by atoms with Crippen molar-refractivity contribution in [3.8, 4) is 0 Å². The lowest BCUT2D eigenvalue weighted by Gasteiger charge is -2.20. The maximum absolute atomic E-state index is 12.6. The Morgan fingerprint density at radius 2 is 1.50 bits per heavy atom. The van der Waals surface area contributed by atoms with Crippen molar-refractivity contribution >= 4 is 45.8 Å². The van der Waals surface area contributed by atoms with Crippen LogP contribution >= 0.6 is 11.6 Å². The average molecular weight is 423 g/mol. The number of pyridine rings is 1. The average Bonchev–Trinajstić information content (AvgIpc) is 3.04. The van der Waals surface area contributed by atoms with Crippen molar-refractivity contribution in [2.24, 2.45) is 0 Å². The van der Waals surface area contributed by atoms with Gasteiger partial charge in [0.05, 0.1) is 5.52 Å². The van der Waals surface area contributed by atoms with Gasteiger partial charge in [-0.25, -0.2) is 9.78 Å². The molecule has 0 bridgehead atoms. The van der Waals surface area contributed by atoms with Gasteiger partial charge in [-0.2, -0.15) is 0 Å². The first-order valence-electron chi connectivity index (χ1n) is 10.1. The van der Waals surface area contributed by atoms with Crippen LogP contribution in [0.25, 0.3) is 10.9 Å². The van der Waals surface area contributed by atoms with Crippen LogP contribution < -0.4 is 10.6 Å². The minimum Gasteiger partial charge on any atom is -0.325 e. The number of anilines is 2. The molecule has 0 unspecified atom stereocenters. The van der Waals surface area contributed by atoms with Crippen molar-refractivity contribution in [2.75, 3.05) is 23.7 Å². The second kappa shape index (κ2) is 9.13. The molecule has 2 N–H and O–H groups in total. The summed E-state index contributed by atoms with van der Waals surface area (Å²) in [5.41, 5.74) is 2.63. The van der Waals surface area contributed by atoms with Crippen molar-refractivity contribution < 1.29 is 9.59 Å². The number of urea groups is 1. The summed E-state index contributed by atoms with van der Waals surface area (Å²) in [6.07, 6.45) is 4.46. The molecule has 3 amide bonds. The first kappa shape index (κ1) is 20.2. The van der Waals surface area contributed by atoms with Crippen LogP contribution in [0, 0.1) is 0 Å². The van der Waals surface area contributed by atoms with Crippen LogP contribution in [0.4, 0.5) is 16.2 Å². The predicted molar refractivity (Wildman–Crippen MR) is 120 cm³/mol. The summed E-state index contributed by atoms with van der Waals surface area (Å²) in [7, 11) is 0.